The SMILES string of the molecule is Cc1ccc(COc2cc(C(=O)NCc3cccc(Br)c3)c3ccccc3n2)cc1. The fraction of sp³-hybridized carbons (Fsp3) is 0.120. The van der Waals surface area contributed by atoms with E-state index in [1.165, 1.54) is 5.56 Å². The zero-order chi connectivity index (χ0) is 20.9. The fourth-order valence-corrected chi connectivity index (χ4v) is 3.63. The van der Waals surface area contributed by atoms with Gasteiger partial charge in [-0.1, -0.05) is 76.1 Å². The Bertz CT molecular complexity index is 1190. The molecule has 0 unspecified atom stereocenters. The van der Waals surface area contributed by atoms with Crippen LogP contribution in [-0.2, 0) is 13.2 Å². The normalized spacial score (nSPS) is 10.7. The predicted octanol–water partition coefficient (Wildman–Crippen LogP) is 5.81. The highest BCUT2D eigenvalue weighted by atomic mass is 79.9. The monoisotopic (exact) mass is 460 g/mol. The van der Waals surface area contributed by atoms with E-state index in [1.54, 1.807) is 6.07 Å². The van der Waals surface area contributed by atoms with Gasteiger partial charge in [0.1, 0.15) is 6.61 Å². The molecule has 1 N–H and O–H groups in total. The first-order chi connectivity index (χ1) is 14.6. The molecule has 30 heavy (non-hydrogen) atoms. The average Bonchev–Trinajstić information content (AvgIpc) is 2.76. The number of benzene rings is 3. The van der Waals surface area contributed by atoms with E-state index in [2.05, 4.69) is 33.2 Å². The van der Waals surface area contributed by atoms with Crippen molar-refractivity contribution < 1.29 is 9.53 Å². The Balaban J connectivity index is 1.56. The summed E-state index contributed by atoms with van der Waals surface area (Å²) in [7, 11) is 0. The van der Waals surface area contributed by atoms with Crippen molar-refractivity contribution >= 4 is 32.7 Å². The maximum absolute atomic E-state index is 13.0. The van der Waals surface area contributed by atoms with E-state index in [0.717, 1.165) is 26.5 Å². The van der Waals surface area contributed by atoms with Gasteiger partial charge in [-0.05, 0) is 36.2 Å². The molecule has 1 heterocycles. The summed E-state index contributed by atoms with van der Waals surface area (Å²) in [6.07, 6.45) is 0. The van der Waals surface area contributed by atoms with Crippen LogP contribution in [0.4, 0.5) is 0 Å². The molecule has 0 atom stereocenters. The highest BCUT2D eigenvalue weighted by Gasteiger charge is 2.14. The molecule has 1 amide bonds. The number of pyridine rings is 1. The number of halogens is 1. The number of ether oxygens (including phenoxy) is 1. The molecule has 4 nitrogen and oxygen atoms in total. The van der Waals surface area contributed by atoms with E-state index >= 15 is 0 Å². The number of aryl methyl sites for hydroxylation is 1. The number of carbonyl (C=O) groups excluding carboxylic acids is 1. The molecule has 0 spiro atoms. The standard InChI is InChI=1S/C25H21BrN2O2/c1-17-9-11-18(12-10-17)16-30-24-14-22(21-7-2-3-8-23(21)28-24)25(29)27-15-19-5-4-6-20(26)13-19/h2-14H,15-16H2,1H3,(H,27,29). The molecule has 0 saturated carbocycles. The molecular weight excluding hydrogens is 440 g/mol. The van der Waals surface area contributed by atoms with Gasteiger partial charge in [-0.3, -0.25) is 4.79 Å². The summed E-state index contributed by atoms with van der Waals surface area (Å²) in [4.78, 5) is 17.5. The minimum atomic E-state index is -0.159. The van der Waals surface area contributed by atoms with Gasteiger partial charge in [0.2, 0.25) is 5.88 Å². The molecule has 4 aromatic rings. The van der Waals surface area contributed by atoms with Gasteiger partial charge in [0.25, 0.3) is 5.91 Å². The van der Waals surface area contributed by atoms with Crippen molar-refractivity contribution in [2.45, 2.75) is 20.1 Å². The Labute approximate surface area is 184 Å². The van der Waals surface area contributed by atoms with Gasteiger partial charge in [0, 0.05) is 22.5 Å². The molecule has 0 radical (unpaired) electrons. The van der Waals surface area contributed by atoms with Crippen molar-refractivity contribution in [3.63, 3.8) is 0 Å². The van der Waals surface area contributed by atoms with Gasteiger partial charge < -0.3 is 10.1 Å². The second-order valence-corrected chi connectivity index (χ2v) is 8.03. The molecule has 0 aliphatic rings. The van der Waals surface area contributed by atoms with Crippen molar-refractivity contribution in [2.75, 3.05) is 0 Å². The molecule has 0 bridgehead atoms. The predicted molar refractivity (Wildman–Crippen MR) is 123 cm³/mol. The van der Waals surface area contributed by atoms with Gasteiger partial charge in [0.05, 0.1) is 11.1 Å². The van der Waals surface area contributed by atoms with Crippen LogP contribution in [0.1, 0.15) is 27.0 Å². The quantitative estimate of drug-likeness (QED) is 0.394. The Hall–Kier alpha value is -3.18. The van der Waals surface area contributed by atoms with Gasteiger partial charge in [-0.2, -0.15) is 0 Å². The van der Waals surface area contributed by atoms with E-state index in [9.17, 15) is 4.79 Å². The van der Waals surface area contributed by atoms with E-state index in [1.807, 2.05) is 72.8 Å². The number of rotatable bonds is 6. The van der Waals surface area contributed by atoms with Crippen LogP contribution in [0.25, 0.3) is 10.9 Å². The third kappa shape index (κ3) is 4.86. The molecule has 3 aromatic carbocycles. The zero-order valence-corrected chi connectivity index (χ0v) is 18.1. The van der Waals surface area contributed by atoms with Crippen LogP contribution in [0.2, 0.25) is 0 Å². The summed E-state index contributed by atoms with van der Waals surface area (Å²) in [5, 5.41) is 3.80. The molecule has 4 rings (SSSR count). The second kappa shape index (κ2) is 9.09. The number of fused-ring (bicyclic) bond motifs is 1. The Morgan fingerprint density at radius 2 is 1.77 bits per heavy atom. The van der Waals surface area contributed by atoms with E-state index < -0.39 is 0 Å². The molecule has 5 heteroatoms. The maximum Gasteiger partial charge on any atom is 0.252 e. The van der Waals surface area contributed by atoms with E-state index in [-0.39, 0.29) is 5.91 Å². The number of nitrogens with zero attached hydrogens (tertiary/aromatic N) is 1. The van der Waals surface area contributed by atoms with Gasteiger partial charge in [0.15, 0.2) is 0 Å². The minimum Gasteiger partial charge on any atom is -0.473 e. The number of nitrogens with one attached hydrogen (secondary N) is 1. The van der Waals surface area contributed by atoms with E-state index in [4.69, 9.17) is 4.74 Å². The van der Waals surface area contributed by atoms with Crippen molar-refractivity contribution in [1.29, 1.82) is 0 Å². The van der Waals surface area contributed by atoms with Crippen LogP contribution in [-0.4, -0.2) is 10.9 Å². The minimum absolute atomic E-state index is 0.159. The highest BCUT2D eigenvalue weighted by Crippen LogP contribution is 2.23. The molecule has 0 aliphatic carbocycles. The molecule has 0 saturated heterocycles. The van der Waals surface area contributed by atoms with Crippen molar-refractivity contribution in [2.24, 2.45) is 0 Å². The third-order valence-electron chi connectivity index (χ3n) is 4.79. The topological polar surface area (TPSA) is 51.2 Å². The van der Waals surface area contributed by atoms with Crippen molar-refractivity contribution in [3.05, 3.63) is 106 Å². The first-order valence-electron chi connectivity index (χ1n) is 9.69. The first-order valence-corrected chi connectivity index (χ1v) is 10.5. The second-order valence-electron chi connectivity index (χ2n) is 7.11. The van der Waals surface area contributed by atoms with Crippen LogP contribution in [0.5, 0.6) is 5.88 Å². The van der Waals surface area contributed by atoms with Gasteiger partial charge in [-0.25, -0.2) is 4.98 Å². The Kier molecular flexibility index (Phi) is 6.10. The van der Waals surface area contributed by atoms with Crippen LogP contribution in [0.15, 0.2) is 83.3 Å². The van der Waals surface area contributed by atoms with Gasteiger partial charge in [-0.15, -0.1) is 0 Å². The lowest BCUT2D eigenvalue weighted by atomic mass is 10.1. The van der Waals surface area contributed by atoms with Crippen molar-refractivity contribution in [3.8, 4) is 5.88 Å². The molecular formula is C25H21BrN2O2. The van der Waals surface area contributed by atoms with E-state index in [0.29, 0.717) is 24.6 Å². The highest BCUT2D eigenvalue weighted by molar-refractivity contribution is 9.10. The molecule has 0 fully saturated rings. The summed E-state index contributed by atoms with van der Waals surface area (Å²) in [5.41, 5.74) is 4.55. The lowest BCUT2D eigenvalue weighted by molar-refractivity contribution is 0.0952. The van der Waals surface area contributed by atoms with Crippen LogP contribution >= 0.6 is 15.9 Å². The first kappa shape index (κ1) is 20.1. The summed E-state index contributed by atoms with van der Waals surface area (Å²) in [5.74, 6) is 0.274. The summed E-state index contributed by atoms with van der Waals surface area (Å²) in [6.45, 7) is 2.88. The maximum atomic E-state index is 13.0. The number of hydrogen-bond acceptors (Lipinski definition) is 3. The molecule has 150 valence electrons. The lowest BCUT2D eigenvalue weighted by Gasteiger charge is -2.12. The number of amides is 1. The summed E-state index contributed by atoms with van der Waals surface area (Å²) >= 11 is 3.46. The third-order valence-corrected chi connectivity index (χ3v) is 5.28. The molecule has 1 aromatic heterocycles. The molecule has 0 aliphatic heterocycles. The Morgan fingerprint density at radius 3 is 2.57 bits per heavy atom. The van der Waals surface area contributed by atoms with Gasteiger partial charge >= 0.3 is 0 Å². The summed E-state index contributed by atoms with van der Waals surface area (Å²) < 4.78 is 6.89. The van der Waals surface area contributed by atoms with Crippen LogP contribution in [0, 0.1) is 6.92 Å². The smallest absolute Gasteiger partial charge is 0.252 e. The van der Waals surface area contributed by atoms with Crippen LogP contribution in [0.3, 0.4) is 0 Å². The average molecular weight is 461 g/mol. The fourth-order valence-electron chi connectivity index (χ4n) is 3.18. The van der Waals surface area contributed by atoms with Crippen LogP contribution < -0.4 is 10.1 Å². The van der Waals surface area contributed by atoms with Crippen molar-refractivity contribution in [1.82, 2.24) is 10.3 Å². The largest absolute Gasteiger partial charge is 0.473 e. The Morgan fingerprint density at radius 1 is 0.967 bits per heavy atom. The summed E-state index contributed by atoms with van der Waals surface area (Å²) in [6, 6.07) is 25.3. The number of para-hydroxylation sites is 1. The number of carbonyl (C=O) groups is 1. The zero-order valence-electron chi connectivity index (χ0n) is 16.6. The number of aromatic nitrogens is 1. The lowest BCUT2D eigenvalue weighted by Crippen LogP contribution is -2.23. The number of hydrogen-bond donors (Lipinski definition) is 1.